The first-order chi connectivity index (χ1) is 8.78. The summed E-state index contributed by atoms with van der Waals surface area (Å²) in [7, 11) is 1.59. The Morgan fingerprint density at radius 2 is 2.11 bits per heavy atom. The maximum atomic E-state index is 12.1. The van der Waals surface area contributed by atoms with Crippen molar-refractivity contribution in [1.29, 1.82) is 0 Å². The second-order valence-electron chi connectivity index (χ2n) is 5.15. The highest BCUT2D eigenvalue weighted by Gasteiger charge is 2.18. The quantitative estimate of drug-likeness (QED) is 0.702. The zero-order valence-electron chi connectivity index (χ0n) is 11.2. The predicted octanol–water partition coefficient (Wildman–Crippen LogP) is -0.133. The topological polar surface area (TPSA) is 91.9 Å². The molecule has 0 aliphatic carbocycles. The number of esters is 1. The van der Waals surface area contributed by atoms with Crippen molar-refractivity contribution in [2.75, 3.05) is 0 Å². The first-order valence-electron chi connectivity index (χ1n) is 5.74. The Hall–Kier alpha value is -2.25. The van der Waals surface area contributed by atoms with Crippen molar-refractivity contribution < 1.29 is 9.53 Å². The number of rotatable bonds is 2. The van der Waals surface area contributed by atoms with Crippen molar-refractivity contribution in [1.82, 2.24) is 24.5 Å². The van der Waals surface area contributed by atoms with Crippen LogP contribution in [-0.4, -0.2) is 36.1 Å². The molecule has 0 saturated heterocycles. The van der Waals surface area contributed by atoms with Crippen molar-refractivity contribution in [2.45, 2.75) is 32.9 Å². The average molecular weight is 265 g/mol. The number of aryl methyl sites for hydroxylation is 1. The van der Waals surface area contributed by atoms with Gasteiger partial charge in [0.15, 0.2) is 5.52 Å². The molecule has 0 aliphatic rings. The van der Waals surface area contributed by atoms with Crippen molar-refractivity contribution >= 4 is 17.1 Å². The molecule has 102 valence electrons. The van der Waals surface area contributed by atoms with Gasteiger partial charge in [-0.1, -0.05) is 5.21 Å². The maximum absolute atomic E-state index is 12.1. The molecule has 0 unspecified atom stereocenters. The molecule has 0 saturated carbocycles. The molecule has 8 heteroatoms. The molecule has 2 heterocycles. The van der Waals surface area contributed by atoms with E-state index in [-0.39, 0.29) is 23.3 Å². The molecule has 0 aliphatic heterocycles. The maximum Gasteiger partial charge on any atom is 0.326 e. The van der Waals surface area contributed by atoms with Gasteiger partial charge in [0.05, 0.1) is 0 Å². The predicted molar refractivity (Wildman–Crippen MR) is 66.4 cm³/mol. The lowest BCUT2D eigenvalue weighted by Crippen LogP contribution is -2.31. The zero-order valence-corrected chi connectivity index (χ0v) is 11.2. The number of ether oxygens (including phenoxy) is 1. The van der Waals surface area contributed by atoms with Crippen LogP contribution in [0.5, 0.6) is 0 Å². The molecule has 19 heavy (non-hydrogen) atoms. The molecule has 0 bridgehead atoms. The van der Waals surface area contributed by atoms with Gasteiger partial charge >= 0.3 is 5.97 Å². The molecule has 8 nitrogen and oxygen atoms in total. The van der Waals surface area contributed by atoms with Crippen LogP contribution in [-0.2, 0) is 23.1 Å². The molecular formula is C11H15N5O3. The summed E-state index contributed by atoms with van der Waals surface area (Å²) >= 11 is 0. The molecule has 0 amide bonds. The van der Waals surface area contributed by atoms with Crippen LogP contribution in [0.1, 0.15) is 20.8 Å². The minimum atomic E-state index is -0.591. The van der Waals surface area contributed by atoms with Gasteiger partial charge in [-0.15, -0.1) is 5.10 Å². The van der Waals surface area contributed by atoms with E-state index in [0.29, 0.717) is 0 Å². The Labute approximate surface area is 109 Å². The van der Waals surface area contributed by atoms with Gasteiger partial charge in [0.25, 0.3) is 5.56 Å². The SMILES string of the molecule is Cn1nnc2ncn(CC(=O)OC(C)(C)C)c(=O)c21. The van der Waals surface area contributed by atoms with Crippen molar-refractivity contribution in [3.05, 3.63) is 16.7 Å². The highest BCUT2D eigenvalue weighted by atomic mass is 16.6. The van der Waals surface area contributed by atoms with Gasteiger partial charge < -0.3 is 4.74 Å². The van der Waals surface area contributed by atoms with Crippen molar-refractivity contribution in [3.63, 3.8) is 0 Å². The van der Waals surface area contributed by atoms with Crippen LogP contribution < -0.4 is 5.56 Å². The molecular weight excluding hydrogens is 250 g/mol. The van der Waals surface area contributed by atoms with Gasteiger partial charge in [-0.05, 0) is 20.8 Å². The van der Waals surface area contributed by atoms with E-state index in [9.17, 15) is 9.59 Å². The molecule has 2 aromatic heterocycles. The summed E-state index contributed by atoms with van der Waals surface area (Å²) < 4.78 is 7.67. The van der Waals surface area contributed by atoms with E-state index in [0.717, 1.165) is 0 Å². The van der Waals surface area contributed by atoms with E-state index in [1.165, 1.54) is 15.6 Å². The molecule has 0 aromatic carbocycles. The number of carbonyl (C=O) groups is 1. The molecule has 0 atom stereocenters. The number of hydrogen-bond acceptors (Lipinski definition) is 6. The van der Waals surface area contributed by atoms with Crippen LogP contribution in [0, 0.1) is 0 Å². The fourth-order valence-electron chi connectivity index (χ4n) is 1.61. The number of fused-ring (bicyclic) bond motifs is 1. The van der Waals surface area contributed by atoms with E-state index in [1.54, 1.807) is 27.8 Å². The smallest absolute Gasteiger partial charge is 0.326 e. The summed E-state index contributed by atoms with van der Waals surface area (Å²) in [5.41, 5.74) is -0.450. The molecule has 0 spiro atoms. The Balaban J connectivity index is 2.31. The van der Waals surface area contributed by atoms with Crippen LogP contribution in [0.3, 0.4) is 0 Å². The monoisotopic (exact) mass is 265 g/mol. The van der Waals surface area contributed by atoms with Gasteiger partial charge in [-0.3, -0.25) is 14.2 Å². The minimum Gasteiger partial charge on any atom is -0.459 e. The second-order valence-corrected chi connectivity index (χ2v) is 5.15. The zero-order chi connectivity index (χ0) is 14.2. The Bertz CT molecular complexity index is 680. The van der Waals surface area contributed by atoms with E-state index < -0.39 is 11.6 Å². The van der Waals surface area contributed by atoms with E-state index in [4.69, 9.17) is 4.74 Å². The number of carbonyl (C=O) groups excluding carboxylic acids is 1. The summed E-state index contributed by atoms with van der Waals surface area (Å²) in [4.78, 5) is 27.8. The lowest BCUT2D eigenvalue weighted by atomic mass is 10.2. The normalized spacial score (nSPS) is 11.8. The summed E-state index contributed by atoms with van der Waals surface area (Å²) in [6.45, 7) is 5.10. The third kappa shape index (κ3) is 2.78. The first-order valence-corrected chi connectivity index (χ1v) is 5.74. The largest absolute Gasteiger partial charge is 0.459 e. The molecule has 0 radical (unpaired) electrons. The second kappa shape index (κ2) is 4.45. The number of nitrogens with zero attached hydrogens (tertiary/aromatic N) is 5. The minimum absolute atomic E-state index is 0.190. The van der Waals surface area contributed by atoms with Crippen LogP contribution in [0.4, 0.5) is 0 Å². The highest BCUT2D eigenvalue weighted by molar-refractivity contribution is 5.71. The number of aromatic nitrogens is 5. The first kappa shape index (κ1) is 13.2. The Morgan fingerprint density at radius 1 is 1.42 bits per heavy atom. The third-order valence-corrected chi connectivity index (χ3v) is 2.31. The third-order valence-electron chi connectivity index (χ3n) is 2.31. The summed E-state index contributed by atoms with van der Waals surface area (Å²) in [6.07, 6.45) is 1.27. The summed E-state index contributed by atoms with van der Waals surface area (Å²) in [6, 6.07) is 0. The van der Waals surface area contributed by atoms with Gasteiger partial charge in [0, 0.05) is 7.05 Å². The molecule has 2 rings (SSSR count). The van der Waals surface area contributed by atoms with Gasteiger partial charge in [-0.25, -0.2) is 9.67 Å². The molecule has 2 aromatic rings. The Morgan fingerprint density at radius 3 is 2.74 bits per heavy atom. The van der Waals surface area contributed by atoms with Crippen LogP contribution in [0.2, 0.25) is 0 Å². The highest BCUT2D eigenvalue weighted by Crippen LogP contribution is 2.07. The lowest BCUT2D eigenvalue weighted by molar-refractivity contribution is -0.155. The molecule has 0 fully saturated rings. The van der Waals surface area contributed by atoms with E-state index >= 15 is 0 Å². The summed E-state index contributed by atoms with van der Waals surface area (Å²) in [5.74, 6) is -0.495. The fraction of sp³-hybridized carbons (Fsp3) is 0.545. The van der Waals surface area contributed by atoms with Gasteiger partial charge in [-0.2, -0.15) is 0 Å². The van der Waals surface area contributed by atoms with Gasteiger partial charge in [0.2, 0.25) is 5.65 Å². The standard InChI is InChI=1S/C11H15N5O3/c1-11(2,3)19-7(17)5-16-6-12-9-8(10(16)18)15(4)14-13-9/h6H,5H2,1-4H3. The van der Waals surface area contributed by atoms with Crippen LogP contribution >= 0.6 is 0 Å². The van der Waals surface area contributed by atoms with E-state index in [2.05, 4.69) is 15.3 Å². The summed E-state index contributed by atoms with van der Waals surface area (Å²) in [5, 5.41) is 7.44. The van der Waals surface area contributed by atoms with Crippen molar-refractivity contribution in [2.24, 2.45) is 7.05 Å². The van der Waals surface area contributed by atoms with E-state index in [1.807, 2.05) is 0 Å². The fourth-order valence-corrected chi connectivity index (χ4v) is 1.61. The average Bonchev–Trinajstić information content (AvgIpc) is 2.62. The Kier molecular flexibility index (Phi) is 3.09. The van der Waals surface area contributed by atoms with Crippen molar-refractivity contribution in [3.8, 4) is 0 Å². The van der Waals surface area contributed by atoms with Gasteiger partial charge in [0.1, 0.15) is 18.5 Å². The van der Waals surface area contributed by atoms with Crippen LogP contribution in [0.15, 0.2) is 11.1 Å². The number of hydrogen-bond donors (Lipinski definition) is 0. The van der Waals surface area contributed by atoms with Crippen LogP contribution in [0.25, 0.3) is 11.2 Å². The lowest BCUT2D eigenvalue weighted by Gasteiger charge is -2.19. The molecule has 0 N–H and O–H groups in total.